The van der Waals surface area contributed by atoms with E-state index in [9.17, 15) is 9.59 Å². The van der Waals surface area contributed by atoms with Crippen molar-refractivity contribution in [2.24, 2.45) is 5.92 Å². The third kappa shape index (κ3) is 3.22. The number of hydrogen-bond acceptors (Lipinski definition) is 3. The molecular weight excluding hydrogens is 206 g/mol. The highest BCUT2D eigenvalue weighted by Gasteiger charge is 2.34. The van der Waals surface area contributed by atoms with Gasteiger partial charge in [-0.15, -0.1) is 0 Å². The predicted octanol–water partition coefficient (Wildman–Crippen LogP) is 1.59. The van der Waals surface area contributed by atoms with E-state index in [0.717, 1.165) is 12.8 Å². The highest BCUT2D eigenvalue weighted by atomic mass is 16.5. The molecule has 1 rings (SSSR count). The molecule has 1 aliphatic heterocycles. The van der Waals surface area contributed by atoms with Crippen LogP contribution in [0.25, 0.3) is 0 Å². The molecule has 1 heterocycles. The number of carbonyl (C=O) groups is 2. The minimum absolute atomic E-state index is 0.0746. The van der Waals surface area contributed by atoms with Gasteiger partial charge in [-0.2, -0.15) is 0 Å². The summed E-state index contributed by atoms with van der Waals surface area (Å²) >= 11 is 0. The fourth-order valence-corrected chi connectivity index (χ4v) is 2.02. The molecule has 0 spiro atoms. The minimum atomic E-state index is -0.341. The van der Waals surface area contributed by atoms with Gasteiger partial charge in [0.15, 0.2) is 0 Å². The summed E-state index contributed by atoms with van der Waals surface area (Å²) < 4.78 is 4.98. The summed E-state index contributed by atoms with van der Waals surface area (Å²) in [5.74, 6) is 0.151. The van der Waals surface area contributed by atoms with Gasteiger partial charge >= 0.3 is 5.97 Å². The Labute approximate surface area is 96.9 Å². The van der Waals surface area contributed by atoms with Gasteiger partial charge in [-0.3, -0.25) is 4.79 Å². The lowest BCUT2D eigenvalue weighted by atomic mass is 10.1. The normalized spacial score (nSPS) is 20.2. The maximum atomic E-state index is 11.9. The SMILES string of the molecule is CCOC(=O)C1CCCN1C(=O)CC(C)C. The Morgan fingerprint density at radius 2 is 2.12 bits per heavy atom. The molecule has 0 aromatic heterocycles. The standard InChI is InChI=1S/C12H21NO3/c1-4-16-12(15)10-6-5-7-13(10)11(14)8-9(2)3/h9-10H,4-8H2,1-3H3. The first-order valence-electron chi connectivity index (χ1n) is 6.02. The molecular formula is C12H21NO3. The van der Waals surface area contributed by atoms with Crippen molar-refractivity contribution in [2.45, 2.75) is 46.1 Å². The first kappa shape index (κ1) is 13.0. The van der Waals surface area contributed by atoms with Crippen LogP contribution >= 0.6 is 0 Å². The number of nitrogens with zero attached hydrogens (tertiary/aromatic N) is 1. The van der Waals surface area contributed by atoms with Gasteiger partial charge in [-0.1, -0.05) is 13.8 Å². The molecule has 1 amide bonds. The molecule has 1 aliphatic rings. The number of likely N-dealkylation sites (tertiary alicyclic amines) is 1. The highest BCUT2D eigenvalue weighted by Crippen LogP contribution is 2.20. The first-order valence-corrected chi connectivity index (χ1v) is 6.02. The molecule has 1 saturated heterocycles. The lowest BCUT2D eigenvalue weighted by Gasteiger charge is -2.23. The summed E-state index contributed by atoms with van der Waals surface area (Å²) in [6, 6.07) is -0.341. The zero-order valence-electron chi connectivity index (χ0n) is 10.4. The topological polar surface area (TPSA) is 46.6 Å². The number of carbonyl (C=O) groups excluding carboxylic acids is 2. The summed E-state index contributed by atoms with van der Waals surface area (Å²) in [6.07, 6.45) is 2.14. The molecule has 0 radical (unpaired) electrons. The lowest BCUT2D eigenvalue weighted by Crippen LogP contribution is -2.41. The molecule has 0 saturated carbocycles. The van der Waals surface area contributed by atoms with Crippen LogP contribution in [-0.4, -0.2) is 36.0 Å². The molecule has 0 bridgehead atoms. The Bertz CT molecular complexity index is 263. The molecule has 0 aromatic rings. The Morgan fingerprint density at radius 1 is 1.44 bits per heavy atom. The van der Waals surface area contributed by atoms with Gasteiger partial charge in [0.1, 0.15) is 6.04 Å². The van der Waals surface area contributed by atoms with Crippen molar-refractivity contribution in [3.63, 3.8) is 0 Å². The number of amides is 1. The second kappa shape index (κ2) is 5.87. The summed E-state index contributed by atoms with van der Waals surface area (Å²) in [7, 11) is 0. The average molecular weight is 227 g/mol. The maximum Gasteiger partial charge on any atom is 0.328 e. The number of hydrogen-bond donors (Lipinski definition) is 0. The summed E-state index contributed by atoms with van der Waals surface area (Å²) in [4.78, 5) is 25.2. The molecule has 4 nitrogen and oxygen atoms in total. The van der Waals surface area contributed by atoms with Crippen molar-refractivity contribution in [3.05, 3.63) is 0 Å². The molecule has 92 valence electrons. The zero-order chi connectivity index (χ0) is 12.1. The van der Waals surface area contributed by atoms with Gasteiger partial charge in [0, 0.05) is 13.0 Å². The quantitative estimate of drug-likeness (QED) is 0.685. The van der Waals surface area contributed by atoms with Crippen molar-refractivity contribution in [1.29, 1.82) is 0 Å². The van der Waals surface area contributed by atoms with E-state index >= 15 is 0 Å². The number of esters is 1. The van der Waals surface area contributed by atoms with E-state index in [1.54, 1.807) is 11.8 Å². The van der Waals surface area contributed by atoms with Crippen LogP contribution in [0.4, 0.5) is 0 Å². The molecule has 1 atom stereocenters. The van der Waals surface area contributed by atoms with Crippen LogP contribution in [0.3, 0.4) is 0 Å². The monoisotopic (exact) mass is 227 g/mol. The van der Waals surface area contributed by atoms with Crippen LogP contribution in [0.5, 0.6) is 0 Å². The van der Waals surface area contributed by atoms with Gasteiger partial charge < -0.3 is 9.64 Å². The van der Waals surface area contributed by atoms with Crippen LogP contribution in [0, 0.1) is 5.92 Å². The van der Waals surface area contributed by atoms with Crippen LogP contribution in [-0.2, 0) is 14.3 Å². The fourth-order valence-electron chi connectivity index (χ4n) is 2.02. The molecule has 16 heavy (non-hydrogen) atoms. The summed E-state index contributed by atoms with van der Waals surface area (Å²) in [6.45, 7) is 6.87. The van der Waals surface area contributed by atoms with Gasteiger partial charge in [-0.05, 0) is 25.7 Å². The first-order chi connectivity index (χ1) is 7.56. The van der Waals surface area contributed by atoms with E-state index in [1.165, 1.54) is 0 Å². The van der Waals surface area contributed by atoms with E-state index in [2.05, 4.69) is 0 Å². The van der Waals surface area contributed by atoms with Crippen LogP contribution in [0.2, 0.25) is 0 Å². The van der Waals surface area contributed by atoms with E-state index in [1.807, 2.05) is 13.8 Å². The van der Waals surface area contributed by atoms with Gasteiger partial charge in [0.05, 0.1) is 6.61 Å². The minimum Gasteiger partial charge on any atom is -0.464 e. The smallest absolute Gasteiger partial charge is 0.328 e. The average Bonchev–Trinajstić information content (AvgIpc) is 2.65. The molecule has 1 fully saturated rings. The van der Waals surface area contributed by atoms with Gasteiger partial charge in [0.2, 0.25) is 5.91 Å². The summed E-state index contributed by atoms with van der Waals surface area (Å²) in [5, 5.41) is 0. The van der Waals surface area contributed by atoms with Crippen LogP contribution in [0.1, 0.15) is 40.0 Å². The second-order valence-corrected chi connectivity index (χ2v) is 4.60. The Kier molecular flexibility index (Phi) is 4.77. The molecule has 0 aliphatic carbocycles. The van der Waals surface area contributed by atoms with Crippen LogP contribution in [0.15, 0.2) is 0 Å². The van der Waals surface area contributed by atoms with E-state index in [4.69, 9.17) is 4.74 Å². The number of ether oxygens (including phenoxy) is 1. The van der Waals surface area contributed by atoms with Gasteiger partial charge in [0.25, 0.3) is 0 Å². The van der Waals surface area contributed by atoms with Crippen molar-refractivity contribution < 1.29 is 14.3 Å². The van der Waals surface area contributed by atoms with Crippen molar-refractivity contribution >= 4 is 11.9 Å². The van der Waals surface area contributed by atoms with Crippen LogP contribution < -0.4 is 0 Å². The fraction of sp³-hybridized carbons (Fsp3) is 0.833. The molecule has 0 N–H and O–H groups in total. The Hall–Kier alpha value is -1.06. The summed E-state index contributed by atoms with van der Waals surface area (Å²) in [5.41, 5.74) is 0. The molecule has 4 heteroatoms. The third-order valence-electron chi connectivity index (χ3n) is 2.71. The Morgan fingerprint density at radius 3 is 2.69 bits per heavy atom. The van der Waals surface area contributed by atoms with Crippen molar-refractivity contribution in [2.75, 3.05) is 13.2 Å². The van der Waals surface area contributed by atoms with Gasteiger partial charge in [-0.25, -0.2) is 4.79 Å². The predicted molar refractivity (Wildman–Crippen MR) is 60.8 cm³/mol. The van der Waals surface area contributed by atoms with E-state index in [0.29, 0.717) is 25.5 Å². The third-order valence-corrected chi connectivity index (χ3v) is 2.71. The lowest BCUT2D eigenvalue weighted by molar-refractivity contribution is -0.153. The van der Waals surface area contributed by atoms with Crippen molar-refractivity contribution in [3.8, 4) is 0 Å². The molecule has 1 unspecified atom stereocenters. The van der Waals surface area contributed by atoms with E-state index in [-0.39, 0.29) is 17.9 Å². The Balaban J connectivity index is 2.58. The second-order valence-electron chi connectivity index (χ2n) is 4.60. The largest absolute Gasteiger partial charge is 0.464 e. The highest BCUT2D eigenvalue weighted by molar-refractivity contribution is 5.85. The molecule has 0 aromatic carbocycles. The number of rotatable bonds is 4. The van der Waals surface area contributed by atoms with E-state index < -0.39 is 0 Å². The maximum absolute atomic E-state index is 11.9. The van der Waals surface area contributed by atoms with Crippen molar-refractivity contribution in [1.82, 2.24) is 4.90 Å². The zero-order valence-corrected chi connectivity index (χ0v) is 10.4.